The molecular formula is C56H32N4O. The summed E-state index contributed by atoms with van der Waals surface area (Å²) in [5, 5.41) is 14.5. The summed E-state index contributed by atoms with van der Waals surface area (Å²) in [4.78, 5) is 21.2. The lowest BCUT2D eigenvalue weighted by atomic mass is 9.96. The Labute approximate surface area is 349 Å². The molecule has 0 aliphatic heterocycles. The van der Waals surface area contributed by atoms with Gasteiger partial charge < -0.3 is 4.42 Å². The van der Waals surface area contributed by atoms with E-state index in [-0.39, 0.29) is 0 Å². The lowest BCUT2D eigenvalue weighted by Crippen LogP contribution is -2.01. The summed E-state index contributed by atoms with van der Waals surface area (Å²) in [6.07, 6.45) is 0. The summed E-state index contributed by atoms with van der Waals surface area (Å²) >= 11 is 0. The first-order valence-corrected chi connectivity index (χ1v) is 20.5. The van der Waals surface area contributed by atoms with Crippen LogP contribution in [0.5, 0.6) is 0 Å². The van der Waals surface area contributed by atoms with E-state index in [1.54, 1.807) is 0 Å². The number of fused-ring (bicyclic) bond motifs is 13. The highest BCUT2D eigenvalue weighted by Gasteiger charge is 2.20. The van der Waals surface area contributed by atoms with Gasteiger partial charge in [-0.05, 0) is 73.4 Å². The van der Waals surface area contributed by atoms with Gasteiger partial charge in [-0.15, -0.1) is 0 Å². The third-order valence-electron chi connectivity index (χ3n) is 12.3. The largest absolute Gasteiger partial charge is 0.455 e. The number of para-hydroxylation sites is 2. The summed E-state index contributed by atoms with van der Waals surface area (Å²) in [6.45, 7) is 0. The number of benzene rings is 10. The van der Waals surface area contributed by atoms with Crippen molar-refractivity contribution < 1.29 is 4.42 Å². The van der Waals surface area contributed by atoms with Gasteiger partial charge in [0, 0.05) is 49.2 Å². The highest BCUT2D eigenvalue weighted by atomic mass is 16.3. The molecule has 13 rings (SSSR count). The highest BCUT2D eigenvalue weighted by molar-refractivity contribution is 6.25. The number of hydrogen-bond donors (Lipinski definition) is 0. The Morgan fingerprint density at radius 2 is 0.787 bits per heavy atom. The van der Waals surface area contributed by atoms with Crippen molar-refractivity contribution >= 4 is 86.7 Å². The van der Waals surface area contributed by atoms with Crippen LogP contribution in [-0.4, -0.2) is 19.9 Å². The second-order valence-electron chi connectivity index (χ2n) is 15.7. The number of hydrogen-bond acceptors (Lipinski definition) is 5. The van der Waals surface area contributed by atoms with Crippen LogP contribution in [0.4, 0.5) is 0 Å². The molecule has 3 aromatic heterocycles. The third-order valence-corrected chi connectivity index (χ3v) is 12.3. The Bertz CT molecular complexity index is 3810. The molecule has 13 aromatic rings. The van der Waals surface area contributed by atoms with Gasteiger partial charge in [-0.2, -0.15) is 0 Å². The second kappa shape index (κ2) is 13.1. The summed E-state index contributed by atoms with van der Waals surface area (Å²) in [6, 6.07) is 68.0. The molecule has 0 unspecified atom stereocenters. The first-order chi connectivity index (χ1) is 30.2. The smallest absolute Gasteiger partial charge is 0.164 e. The van der Waals surface area contributed by atoms with Crippen LogP contribution < -0.4 is 0 Å². The predicted molar refractivity (Wildman–Crippen MR) is 252 cm³/mol. The average Bonchev–Trinajstić information content (AvgIpc) is 3.72. The molecule has 0 bridgehead atoms. The van der Waals surface area contributed by atoms with Crippen LogP contribution in [0.15, 0.2) is 199 Å². The molecule has 0 radical (unpaired) electrons. The third kappa shape index (κ3) is 5.21. The van der Waals surface area contributed by atoms with E-state index in [2.05, 4.69) is 176 Å². The number of furan rings is 1. The van der Waals surface area contributed by atoms with Crippen LogP contribution in [0.1, 0.15) is 0 Å². The molecule has 5 heteroatoms. The number of nitrogens with zero attached hydrogens (tertiary/aromatic N) is 4. The first-order valence-electron chi connectivity index (χ1n) is 20.5. The zero-order valence-electron chi connectivity index (χ0n) is 32.7. The minimum absolute atomic E-state index is 0.598. The standard InChI is InChI=1S/C56H32N4O/c1-3-15-37-35(13-1)31-47(41-19-7-5-17-39(37)41)55-58-54(59-56(60-55)48-32-36-14-2-4-16-38(36)40-18-6-8-20-42(40)48)34-27-25-33(26-28-34)52-46-30-29-44-43-21-10-12-24-50(43)61-53(44)51(46)45-22-9-11-23-49(45)57-52/h1-32H. The van der Waals surface area contributed by atoms with Crippen molar-refractivity contribution in [2.45, 2.75) is 0 Å². The van der Waals surface area contributed by atoms with Gasteiger partial charge in [-0.3, -0.25) is 0 Å². The summed E-state index contributed by atoms with van der Waals surface area (Å²) in [5.74, 6) is 1.85. The van der Waals surface area contributed by atoms with Crippen molar-refractivity contribution in [2.24, 2.45) is 0 Å². The van der Waals surface area contributed by atoms with Gasteiger partial charge >= 0.3 is 0 Å². The molecule has 0 amide bonds. The maximum absolute atomic E-state index is 6.59. The Hall–Kier alpha value is -8.28. The number of rotatable bonds is 4. The Kier molecular flexibility index (Phi) is 7.24. The zero-order chi connectivity index (χ0) is 40.0. The fraction of sp³-hybridized carbons (Fsp3) is 0. The van der Waals surface area contributed by atoms with Gasteiger partial charge in [0.1, 0.15) is 11.2 Å². The molecule has 3 heterocycles. The van der Waals surface area contributed by atoms with Gasteiger partial charge in [0.25, 0.3) is 0 Å². The van der Waals surface area contributed by atoms with Crippen LogP contribution in [0.25, 0.3) is 132 Å². The van der Waals surface area contributed by atoms with Gasteiger partial charge in [0.2, 0.25) is 0 Å². The van der Waals surface area contributed by atoms with Crippen molar-refractivity contribution in [3.05, 3.63) is 194 Å². The summed E-state index contributed by atoms with van der Waals surface area (Å²) < 4.78 is 6.59. The molecule has 61 heavy (non-hydrogen) atoms. The predicted octanol–water partition coefficient (Wildman–Crippen LogP) is 14.8. The lowest BCUT2D eigenvalue weighted by Gasteiger charge is -2.14. The van der Waals surface area contributed by atoms with Crippen LogP contribution in [-0.2, 0) is 0 Å². The van der Waals surface area contributed by atoms with Gasteiger partial charge in [0.15, 0.2) is 17.5 Å². The summed E-state index contributed by atoms with van der Waals surface area (Å²) in [5.41, 5.74) is 7.36. The fourth-order valence-corrected chi connectivity index (χ4v) is 9.44. The van der Waals surface area contributed by atoms with Crippen molar-refractivity contribution in [2.75, 3.05) is 0 Å². The van der Waals surface area contributed by atoms with Gasteiger partial charge in [-0.1, -0.05) is 164 Å². The molecule has 5 nitrogen and oxygen atoms in total. The topological polar surface area (TPSA) is 64.7 Å². The molecule has 0 atom stereocenters. The molecule has 0 aliphatic carbocycles. The lowest BCUT2D eigenvalue weighted by molar-refractivity contribution is 0.673. The molecule has 0 saturated carbocycles. The fourth-order valence-electron chi connectivity index (χ4n) is 9.44. The maximum atomic E-state index is 6.59. The average molecular weight is 777 g/mol. The molecule has 0 saturated heterocycles. The number of pyridine rings is 1. The van der Waals surface area contributed by atoms with Crippen molar-refractivity contribution in [3.63, 3.8) is 0 Å². The van der Waals surface area contributed by atoms with Gasteiger partial charge in [-0.25, -0.2) is 19.9 Å². The van der Waals surface area contributed by atoms with Crippen molar-refractivity contribution in [1.82, 2.24) is 19.9 Å². The normalized spacial score (nSPS) is 11.9. The minimum atomic E-state index is 0.598. The Morgan fingerprint density at radius 3 is 1.43 bits per heavy atom. The maximum Gasteiger partial charge on any atom is 0.164 e. The molecular weight excluding hydrogens is 745 g/mol. The number of aromatic nitrogens is 4. The Morgan fingerprint density at radius 1 is 0.311 bits per heavy atom. The quantitative estimate of drug-likeness (QED) is 0.167. The van der Waals surface area contributed by atoms with E-state index in [4.69, 9.17) is 24.4 Å². The molecule has 10 aromatic carbocycles. The molecule has 0 spiro atoms. The van der Waals surface area contributed by atoms with E-state index in [0.717, 1.165) is 104 Å². The molecule has 0 fully saturated rings. The van der Waals surface area contributed by atoms with Crippen LogP contribution in [0, 0.1) is 0 Å². The first kappa shape index (κ1) is 33.7. The monoisotopic (exact) mass is 776 g/mol. The minimum Gasteiger partial charge on any atom is -0.455 e. The van der Waals surface area contributed by atoms with Crippen LogP contribution in [0.2, 0.25) is 0 Å². The van der Waals surface area contributed by atoms with Crippen LogP contribution in [0.3, 0.4) is 0 Å². The van der Waals surface area contributed by atoms with Crippen molar-refractivity contribution in [1.29, 1.82) is 0 Å². The van der Waals surface area contributed by atoms with E-state index >= 15 is 0 Å². The SMILES string of the molecule is c1ccc2c(c1)cc(-c1nc(-c3ccc(-c4nc5ccccc5c5c4ccc4c6ccccc6oc45)cc3)nc(-c3cc4ccccc4c4ccccc34)n1)c1ccccc12. The highest BCUT2D eigenvalue weighted by Crippen LogP contribution is 2.42. The van der Waals surface area contributed by atoms with Gasteiger partial charge in [0.05, 0.1) is 11.2 Å². The van der Waals surface area contributed by atoms with E-state index in [1.165, 1.54) is 10.8 Å². The molecule has 0 N–H and O–H groups in total. The van der Waals surface area contributed by atoms with E-state index in [9.17, 15) is 0 Å². The molecule has 0 aliphatic rings. The van der Waals surface area contributed by atoms with Crippen LogP contribution >= 0.6 is 0 Å². The summed E-state index contributed by atoms with van der Waals surface area (Å²) in [7, 11) is 0. The zero-order valence-corrected chi connectivity index (χ0v) is 32.7. The van der Waals surface area contributed by atoms with Crippen molar-refractivity contribution in [3.8, 4) is 45.4 Å². The van der Waals surface area contributed by atoms with E-state index in [0.29, 0.717) is 17.5 Å². The second-order valence-corrected chi connectivity index (χ2v) is 15.7. The van der Waals surface area contributed by atoms with E-state index < -0.39 is 0 Å². The van der Waals surface area contributed by atoms with E-state index in [1.807, 2.05) is 18.2 Å². The Balaban J connectivity index is 1.03. The molecule has 282 valence electrons.